The minimum absolute atomic E-state index is 0.0811. The first-order valence-corrected chi connectivity index (χ1v) is 8.13. The molecule has 0 spiro atoms. The molecular weight excluding hydrogens is 356 g/mol. The van der Waals surface area contributed by atoms with Crippen LogP contribution in [-0.2, 0) is 10.2 Å². The molecule has 0 aliphatic rings. The van der Waals surface area contributed by atoms with Crippen LogP contribution in [0, 0.1) is 18.6 Å². The Kier molecular flexibility index (Phi) is 4.26. The number of hydrogen-bond donors (Lipinski definition) is 2. The molecule has 1 heterocycles. The molecule has 140 valence electrons. The number of halogens is 2. The van der Waals surface area contributed by atoms with Gasteiger partial charge < -0.3 is 10.2 Å². The number of benzene rings is 2. The molecule has 0 amide bonds. The second kappa shape index (κ2) is 6.19. The van der Waals surface area contributed by atoms with Gasteiger partial charge in [0.2, 0.25) is 0 Å². The van der Waals surface area contributed by atoms with Crippen LogP contribution in [0.4, 0.5) is 8.78 Å². The summed E-state index contributed by atoms with van der Waals surface area (Å²) in [4.78, 5) is 24.8. The van der Waals surface area contributed by atoms with Crippen LogP contribution in [0.2, 0.25) is 0 Å². The molecule has 0 radical (unpaired) electrons. The summed E-state index contributed by atoms with van der Waals surface area (Å²) in [5.74, 6) is -4.04. The maximum atomic E-state index is 13.6. The molecule has 0 unspecified atom stereocenters. The Balaban J connectivity index is 2.34. The van der Waals surface area contributed by atoms with Crippen molar-refractivity contribution in [2.75, 3.05) is 0 Å². The third kappa shape index (κ3) is 2.85. The van der Waals surface area contributed by atoms with Gasteiger partial charge in [0.1, 0.15) is 5.75 Å². The van der Waals surface area contributed by atoms with Crippen LogP contribution in [0.5, 0.6) is 5.75 Å². The van der Waals surface area contributed by atoms with Crippen molar-refractivity contribution in [1.29, 1.82) is 0 Å². The van der Waals surface area contributed by atoms with Gasteiger partial charge in [0.15, 0.2) is 11.6 Å². The number of rotatable bonds is 3. The lowest BCUT2D eigenvalue weighted by molar-refractivity contribution is -0.142. The first-order chi connectivity index (χ1) is 12.6. The van der Waals surface area contributed by atoms with Crippen molar-refractivity contribution in [1.82, 2.24) is 4.57 Å². The maximum Gasteiger partial charge on any atom is 0.313 e. The van der Waals surface area contributed by atoms with Crippen LogP contribution in [0.15, 0.2) is 36.4 Å². The fraction of sp³-hybridized carbons (Fsp3) is 0.200. The summed E-state index contributed by atoms with van der Waals surface area (Å²) < 4.78 is 28.0. The van der Waals surface area contributed by atoms with E-state index in [1.165, 1.54) is 36.6 Å². The number of carboxylic acids is 1. The average molecular weight is 373 g/mol. The first-order valence-electron chi connectivity index (χ1n) is 8.13. The molecule has 0 bridgehead atoms. The van der Waals surface area contributed by atoms with E-state index < -0.39 is 28.9 Å². The number of hydrogen-bond acceptors (Lipinski definition) is 3. The number of phenols is 1. The van der Waals surface area contributed by atoms with Gasteiger partial charge in [-0.3, -0.25) is 14.2 Å². The summed E-state index contributed by atoms with van der Waals surface area (Å²) in [6.45, 7) is 4.57. The molecule has 27 heavy (non-hydrogen) atoms. The topological polar surface area (TPSA) is 79.5 Å². The van der Waals surface area contributed by atoms with Crippen molar-refractivity contribution in [2.24, 2.45) is 0 Å². The fourth-order valence-corrected chi connectivity index (χ4v) is 3.32. The molecular formula is C20H17F2NO4. The minimum Gasteiger partial charge on any atom is -0.508 e. The summed E-state index contributed by atoms with van der Waals surface area (Å²) >= 11 is 0. The lowest BCUT2D eigenvalue weighted by Gasteiger charge is -2.20. The van der Waals surface area contributed by atoms with Gasteiger partial charge in [-0.25, -0.2) is 8.78 Å². The van der Waals surface area contributed by atoms with Crippen molar-refractivity contribution in [3.8, 4) is 5.75 Å². The first kappa shape index (κ1) is 18.6. The van der Waals surface area contributed by atoms with Gasteiger partial charge in [0, 0.05) is 16.6 Å². The smallest absolute Gasteiger partial charge is 0.313 e. The van der Waals surface area contributed by atoms with Crippen molar-refractivity contribution in [3.63, 3.8) is 0 Å². The van der Waals surface area contributed by atoms with Crippen LogP contribution >= 0.6 is 0 Å². The molecule has 0 saturated carbocycles. The zero-order chi connectivity index (χ0) is 20.1. The molecule has 0 aliphatic heterocycles. The fourth-order valence-electron chi connectivity index (χ4n) is 3.32. The molecule has 7 heteroatoms. The third-order valence-corrected chi connectivity index (χ3v) is 4.72. The van der Waals surface area contributed by atoms with E-state index in [-0.39, 0.29) is 11.3 Å². The minimum atomic E-state index is -1.35. The number of aliphatic carboxylic acids is 1. The maximum absolute atomic E-state index is 13.6. The second-order valence-corrected chi connectivity index (χ2v) is 6.86. The zero-order valence-corrected chi connectivity index (χ0v) is 14.9. The molecule has 2 N–H and O–H groups in total. The van der Waals surface area contributed by atoms with Gasteiger partial charge in [-0.2, -0.15) is 0 Å². The predicted molar refractivity (Wildman–Crippen MR) is 95.1 cm³/mol. The average Bonchev–Trinajstić information content (AvgIpc) is 2.88. The summed E-state index contributed by atoms with van der Waals surface area (Å²) in [6.07, 6.45) is 0. The van der Waals surface area contributed by atoms with Crippen LogP contribution < -0.4 is 0 Å². The van der Waals surface area contributed by atoms with Crippen LogP contribution in [0.1, 0.15) is 35.5 Å². The highest BCUT2D eigenvalue weighted by Gasteiger charge is 2.36. The van der Waals surface area contributed by atoms with E-state index in [1.54, 1.807) is 6.92 Å². The van der Waals surface area contributed by atoms with E-state index >= 15 is 0 Å². The molecule has 0 aliphatic carbocycles. The van der Waals surface area contributed by atoms with E-state index in [0.717, 1.165) is 18.2 Å². The summed E-state index contributed by atoms with van der Waals surface area (Å²) in [5, 5.41) is 19.9. The monoisotopic (exact) mass is 373 g/mol. The number of fused-ring (bicyclic) bond motifs is 1. The molecule has 5 nitrogen and oxygen atoms in total. The molecule has 0 atom stereocenters. The quantitative estimate of drug-likeness (QED) is 0.728. The summed E-state index contributed by atoms with van der Waals surface area (Å²) in [5.41, 5.74) is -0.365. The Hall–Kier alpha value is -3.22. The number of aromatic hydroxyl groups is 1. The number of carboxylic acid groups (broad SMARTS) is 1. The predicted octanol–water partition coefficient (Wildman–Crippen LogP) is 3.98. The summed E-state index contributed by atoms with van der Waals surface area (Å²) in [6, 6.07) is 7.06. The SMILES string of the molecule is Cc1c(C(C)(C)C(=O)O)c2cc(O)ccc2n1C(=O)c1ccc(F)c(F)c1. The number of nitrogens with zero attached hydrogens (tertiary/aromatic N) is 1. The van der Waals surface area contributed by atoms with E-state index in [9.17, 15) is 28.6 Å². The van der Waals surface area contributed by atoms with E-state index in [0.29, 0.717) is 22.2 Å². The van der Waals surface area contributed by atoms with Gasteiger partial charge in [-0.1, -0.05) is 0 Å². The highest BCUT2D eigenvalue weighted by atomic mass is 19.2. The van der Waals surface area contributed by atoms with E-state index in [4.69, 9.17) is 0 Å². The highest BCUT2D eigenvalue weighted by Crippen LogP contribution is 2.37. The van der Waals surface area contributed by atoms with Gasteiger partial charge in [0.05, 0.1) is 10.9 Å². The van der Waals surface area contributed by atoms with Crippen LogP contribution in [0.25, 0.3) is 10.9 Å². The molecule has 2 aromatic carbocycles. The summed E-state index contributed by atoms with van der Waals surface area (Å²) in [7, 11) is 0. The van der Waals surface area contributed by atoms with Gasteiger partial charge in [-0.05, 0) is 62.7 Å². The Morgan fingerprint density at radius 1 is 1.04 bits per heavy atom. The van der Waals surface area contributed by atoms with Gasteiger partial charge in [0.25, 0.3) is 5.91 Å². The lowest BCUT2D eigenvalue weighted by Crippen LogP contribution is -2.29. The van der Waals surface area contributed by atoms with Crippen molar-refractivity contribution >= 4 is 22.8 Å². The number of phenolic OH excluding ortho intramolecular Hbond substituents is 1. The van der Waals surface area contributed by atoms with Crippen molar-refractivity contribution in [3.05, 3.63) is 64.9 Å². The number of aromatic nitrogens is 1. The Morgan fingerprint density at radius 3 is 2.30 bits per heavy atom. The number of carbonyl (C=O) groups is 2. The van der Waals surface area contributed by atoms with Crippen molar-refractivity contribution in [2.45, 2.75) is 26.2 Å². The van der Waals surface area contributed by atoms with E-state index in [1.807, 2.05) is 0 Å². The lowest BCUT2D eigenvalue weighted by atomic mass is 9.83. The van der Waals surface area contributed by atoms with E-state index in [2.05, 4.69) is 0 Å². The van der Waals surface area contributed by atoms with Crippen molar-refractivity contribution < 1.29 is 28.6 Å². The standard InChI is InChI=1S/C20H17F2NO4/c1-10-17(20(2,3)19(26)27)13-9-12(24)5-7-16(13)23(10)18(25)11-4-6-14(21)15(22)8-11/h4-9,24H,1-3H3,(H,26,27). The number of carbonyl (C=O) groups excluding carboxylic acids is 1. The molecule has 0 saturated heterocycles. The molecule has 3 aromatic rings. The van der Waals surface area contributed by atoms with Crippen LogP contribution in [-0.4, -0.2) is 26.7 Å². The molecule has 1 aromatic heterocycles. The van der Waals surface area contributed by atoms with Crippen LogP contribution in [0.3, 0.4) is 0 Å². The third-order valence-electron chi connectivity index (χ3n) is 4.72. The van der Waals surface area contributed by atoms with Gasteiger partial charge >= 0.3 is 5.97 Å². The highest BCUT2D eigenvalue weighted by molar-refractivity contribution is 6.05. The Bertz CT molecular complexity index is 1100. The van der Waals surface area contributed by atoms with Gasteiger partial charge in [-0.15, -0.1) is 0 Å². The second-order valence-electron chi connectivity index (χ2n) is 6.86. The molecule has 3 rings (SSSR count). The Labute approximate surface area is 153 Å². The normalized spacial score (nSPS) is 11.7. The largest absolute Gasteiger partial charge is 0.508 e. The Morgan fingerprint density at radius 2 is 1.70 bits per heavy atom. The molecule has 0 fully saturated rings. The zero-order valence-electron chi connectivity index (χ0n) is 14.9.